The number of ether oxygens (including phenoxy) is 2. The van der Waals surface area contributed by atoms with Crippen LogP contribution in [0.3, 0.4) is 0 Å². The molecular formula is C28H34ClN3O5. The van der Waals surface area contributed by atoms with Gasteiger partial charge < -0.3 is 24.6 Å². The van der Waals surface area contributed by atoms with Crippen molar-refractivity contribution in [2.24, 2.45) is 11.8 Å². The standard InChI is InChI=1S/C28H34ClN3O5/c1-19(2)27(34)32-16-20(17-32)28(35)31-13-7-3-4-8-14-36-24-9-5-6-10-25(24)37-23-12-11-21(29)15-22(23)30-26(33)18-31/h5-6,9-12,15,19-20H,3-4,7-8,13-14,16-18H2,1-2H3,(H,30,33). The molecule has 8 nitrogen and oxygen atoms in total. The Balaban J connectivity index is 1.51. The molecule has 0 aromatic heterocycles. The second-order valence-corrected chi connectivity index (χ2v) is 10.3. The fraction of sp³-hybridized carbons (Fsp3) is 0.464. The number of likely N-dealkylation sites (tertiary alicyclic amines) is 1. The van der Waals surface area contributed by atoms with Crippen LogP contribution in [0.4, 0.5) is 5.69 Å². The van der Waals surface area contributed by atoms with Gasteiger partial charge in [0.2, 0.25) is 17.7 Å². The second-order valence-electron chi connectivity index (χ2n) is 9.85. The van der Waals surface area contributed by atoms with Crippen LogP contribution in [-0.2, 0) is 14.4 Å². The molecule has 1 fully saturated rings. The Hall–Kier alpha value is -3.26. The Kier molecular flexibility index (Phi) is 8.92. The van der Waals surface area contributed by atoms with Gasteiger partial charge in [0.15, 0.2) is 17.2 Å². The van der Waals surface area contributed by atoms with Gasteiger partial charge in [0.05, 0.1) is 24.8 Å². The summed E-state index contributed by atoms with van der Waals surface area (Å²) >= 11 is 6.22. The van der Waals surface area contributed by atoms with Crippen molar-refractivity contribution in [1.82, 2.24) is 9.80 Å². The van der Waals surface area contributed by atoms with E-state index in [-0.39, 0.29) is 36.1 Å². The number of halogens is 1. The number of para-hydroxylation sites is 2. The minimum Gasteiger partial charge on any atom is -0.490 e. The molecule has 37 heavy (non-hydrogen) atoms. The predicted molar refractivity (Wildman–Crippen MR) is 142 cm³/mol. The molecule has 2 aromatic carbocycles. The molecule has 0 atom stereocenters. The number of nitrogens with zero attached hydrogens (tertiary/aromatic N) is 2. The highest BCUT2D eigenvalue weighted by molar-refractivity contribution is 6.31. The molecule has 3 amide bonds. The summed E-state index contributed by atoms with van der Waals surface area (Å²) in [7, 11) is 0. The largest absolute Gasteiger partial charge is 0.490 e. The van der Waals surface area contributed by atoms with Crippen molar-refractivity contribution in [3.63, 3.8) is 0 Å². The van der Waals surface area contributed by atoms with Gasteiger partial charge in [0, 0.05) is 30.6 Å². The summed E-state index contributed by atoms with van der Waals surface area (Å²) in [5, 5.41) is 3.31. The number of benzene rings is 2. The van der Waals surface area contributed by atoms with Crippen molar-refractivity contribution in [1.29, 1.82) is 0 Å². The normalized spacial score (nSPS) is 17.6. The molecular weight excluding hydrogens is 494 g/mol. The Morgan fingerprint density at radius 2 is 1.70 bits per heavy atom. The minimum absolute atomic E-state index is 0.0482. The van der Waals surface area contributed by atoms with Gasteiger partial charge in [-0.3, -0.25) is 14.4 Å². The summed E-state index contributed by atoms with van der Waals surface area (Å²) in [6, 6.07) is 12.4. The lowest BCUT2D eigenvalue weighted by molar-refractivity contribution is -0.151. The third-order valence-corrected chi connectivity index (χ3v) is 6.78. The van der Waals surface area contributed by atoms with Crippen LogP contribution >= 0.6 is 11.6 Å². The first-order valence-corrected chi connectivity index (χ1v) is 13.3. The summed E-state index contributed by atoms with van der Waals surface area (Å²) in [6.07, 6.45) is 3.50. The van der Waals surface area contributed by atoms with Crippen molar-refractivity contribution in [2.75, 3.05) is 38.1 Å². The van der Waals surface area contributed by atoms with E-state index in [1.54, 1.807) is 28.0 Å². The lowest BCUT2D eigenvalue weighted by atomic mass is 9.96. The van der Waals surface area contributed by atoms with E-state index in [0.29, 0.717) is 54.2 Å². The molecule has 0 radical (unpaired) electrons. The molecule has 0 aliphatic carbocycles. The number of fused-ring (bicyclic) bond motifs is 2. The Labute approximate surface area is 222 Å². The number of amides is 3. The summed E-state index contributed by atoms with van der Waals surface area (Å²) in [5.74, 6) is 0.813. The van der Waals surface area contributed by atoms with Gasteiger partial charge in [0.25, 0.3) is 0 Å². The maximum Gasteiger partial charge on any atom is 0.244 e. The van der Waals surface area contributed by atoms with Crippen molar-refractivity contribution in [3.05, 3.63) is 47.5 Å². The Morgan fingerprint density at radius 3 is 2.46 bits per heavy atom. The highest BCUT2D eigenvalue weighted by Gasteiger charge is 2.38. The maximum atomic E-state index is 13.3. The quantitative estimate of drug-likeness (QED) is 0.596. The summed E-state index contributed by atoms with van der Waals surface area (Å²) in [6.45, 7) is 5.45. The van der Waals surface area contributed by atoms with Crippen LogP contribution in [0.1, 0.15) is 39.5 Å². The van der Waals surface area contributed by atoms with Crippen molar-refractivity contribution >= 4 is 35.0 Å². The molecule has 2 aliphatic heterocycles. The zero-order valence-electron chi connectivity index (χ0n) is 21.4. The number of anilines is 1. The van der Waals surface area contributed by atoms with Gasteiger partial charge in [-0.25, -0.2) is 0 Å². The number of carbonyl (C=O) groups is 3. The number of rotatable bonds is 2. The molecule has 4 rings (SSSR count). The lowest BCUT2D eigenvalue weighted by Gasteiger charge is -2.41. The van der Waals surface area contributed by atoms with E-state index in [4.69, 9.17) is 21.1 Å². The van der Waals surface area contributed by atoms with Gasteiger partial charge >= 0.3 is 0 Å². The fourth-order valence-corrected chi connectivity index (χ4v) is 4.64. The van der Waals surface area contributed by atoms with Gasteiger partial charge in [0.1, 0.15) is 0 Å². The van der Waals surface area contributed by atoms with Gasteiger partial charge in [-0.05, 0) is 43.2 Å². The van der Waals surface area contributed by atoms with Crippen molar-refractivity contribution in [2.45, 2.75) is 39.5 Å². The van der Waals surface area contributed by atoms with E-state index in [0.717, 1.165) is 25.7 Å². The molecule has 0 saturated carbocycles. The van der Waals surface area contributed by atoms with Crippen LogP contribution in [0.2, 0.25) is 5.02 Å². The van der Waals surface area contributed by atoms with Gasteiger partial charge in [-0.2, -0.15) is 0 Å². The third kappa shape index (κ3) is 6.95. The van der Waals surface area contributed by atoms with Crippen molar-refractivity contribution in [3.8, 4) is 17.2 Å². The highest BCUT2D eigenvalue weighted by atomic mass is 35.5. The molecule has 2 aromatic rings. The zero-order valence-corrected chi connectivity index (χ0v) is 22.1. The van der Waals surface area contributed by atoms with Crippen LogP contribution in [0.5, 0.6) is 17.2 Å². The number of hydrogen-bond donors (Lipinski definition) is 1. The lowest BCUT2D eigenvalue weighted by Crippen LogP contribution is -2.58. The second kappa shape index (κ2) is 12.3. The number of hydrogen-bond acceptors (Lipinski definition) is 5. The first kappa shape index (κ1) is 26.8. The monoisotopic (exact) mass is 527 g/mol. The summed E-state index contributed by atoms with van der Waals surface area (Å²) < 4.78 is 12.1. The van der Waals surface area contributed by atoms with E-state index < -0.39 is 0 Å². The summed E-state index contributed by atoms with van der Waals surface area (Å²) in [5.41, 5.74) is 0.407. The Bertz CT molecular complexity index is 1130. The predicted octanol–water partition coefficient (Wildman–Crippen LogP) is 4.97. The van der Waals surface area contributed by atoms with E-state index >= 15 is 0 Å². The molecule has 1 saturated heterocycles. The van der Waals surface area contributed by atoms with E-state index in [9.17, 15) is 14.4 Å². The minimum atomic E-state index is -0.341. The highest BCUT2D eigenvalue weighted by Crippen LogP contribution is 2.36. The molecule has 0 unspecified atom stereocenters. The average molecular weight is 528 g/mol. The fourth-order valence-electron chi connectivity index (χ4n) is 4.47. The van der Waals surface area contributed by atoms with E-state index in [1.807, 2.05) is 38.1 Å². The van der Waals surface area contributed by atoms with E-state index in [1.165, 1.54) is 0 Å². The molecule has 0 spiro atoms. The SMILES string of the molecule is CC(C)C(=O)N1CC(C(=O)N2CCCCCCOc3ccccc3Oc3ccc(Cl)cc3NC(=O)C2)C1. The number of carbonyl (C=O) groups excluding carboxylic acids is 3. The molecule has 0 bridgehead atoms. The van der Waals surface area contributed by atoms with Gasteiger partial charge in [-0.1, -0.05) is 50.4 Å². The molecule has 9 heteroatoms. The smallest absolute Gasteiger partial charge is 0.244 e. The average Bonchev–Trinajstić information content (AvgIpc) is 2.83. The molecule has 198 valence electrons. The third-order valence-electron chi connectivity index (χ3n) is 6.55. The molecule has 1 N–H and O–H groups in total. The van der Waals surface area contributed by atoms with Crippen LogP contribution in [-0.4, -0.2) is 60.3 Å². The first-order chi connectivity index (χ1) is 17.8. The maximum absolute atomic E-state index is 13.3. The summed E-state index contributed by atoms with van der Waals surface area (Å²) in [4.78, 5) is 41.9. The zero-order chi connectivity index (χ0) is 26.4. The molecule has 2 aliphatic rings. The van der Waals surface area contributed by atoms with Crippen LogP contribution in [0, 0.1) is 11.8 Å². The topological polar surface area (TPSA) is 88.2 Å². The first-order valence-electron chi connectivity index (χ1n) is 12.9. The van der Waals surface area contributed by atoms with E-state index in [2.05, 4.69) is 5.32 Å². The number of nitrogens with one attached hydrogen (secondary N) is 1. The molecule has 2 heterocycles. The van der Waals surface area contributed by atoms with Crippen LogP contribution < -0.4 is 14.8 Å². The Morgan fingerprint density at radius 1 is 0.973 bits per heavy atom. The van der Waals surface area contributed by atoms with Crippen LogP contribution in [0.25, 0.3) is 0 Å². The van der Waals surface area contributed by atoms with Gasteiger partial charge in [-0.15, -0.1) is 0 Å². The van der Waals surface area contributed by atoms with Crippen LogP contribution in [0.15, 0.2) is 42.5 Å². The van der Waals surface area contributed by atoms with Crippen molar-refractivity contribution < 1.29 is 23.9 Å².